The Balaban J connectivity index is 1.55. The molecule has 0 amide bonds. The summed E-state index contributed by atoms with van der Waals surface area (Å²) in [6, 6.07) is 27.0. The van der Waals surface area contributed by atoms with Crippen LogP contribution in [-0.4, -0.2) is 24.7 Å². The van der Waals surface area contributed by atoms with Gasteiger partial charge in [0.25, 0.3) is 0 Å². The zero-order valence-electron chi connectivity index (χ0n) is 19.7. The van der Waals surface area contributed by atoms with Crippen molar-refractivity contribution in [2.45, 2.75) is 33.1 Å². The largest absolute Gasteiger partial charge is 0.505 e. The van der Waals surface area contributed by atoms with Crippen molar-refractivity contribution >= 4 is 32.8 Å². The summed E-state index contributed by atoms with van der Waals surface area (Å²) in [5.74, 6) is 0.223. The van der Waals surface area contributed by atoms with Gasteiger partial charge in [-0.15, -0.1) is 15.0 Å². The molecule has 0 bridgehead atoms. The lowest BCUT2D eigenvalue weighted by atomic mass is 9.85. The molecule has 168 valence electrons. The average Bonchev–Trinajstić information content (AvgIpc) is 3.38. The minimum Gasteiger partial charge on any atom is -0.505 e. The van der Waals surface area contributed by atoms with Gasteiger partial charge < -0.3 is 9.67 Å². The number of rotatable bonds is 2. The van der Waals surface area contributed by atoms with Crippen LogP contribution >= 0.6 is 0 Å². The van der Waals surface area contributed by atoms with E-state index in [-0.39, 0.29) is 11.2 Å². The van der Waals surface area contributed by atoms with Gasteiger partial charge in [-0.25, -0.2) is 0 Å². The third kappa shape index (κ3) is 3.08. The van der Waals surface area contributed by atoms with E-state index in [0.717, 1.165) is 38.9 Å². The van der Waals surface area contributed by atoms with Gasteiger partial charge in [0.2, 0.25) is 0 Å². The number of aryl methyl sites for hydroxylation is 1. The number of fused-ring (bicyclic) bond motifs is 4. The van der Waals surface area contributed by atoms with E-state index >= 15 is 0 Å². The first-order chi connectivity index (χ1) is 16.3. The van der Waals surface area contributed by atoms with Crippen molar-refractivity contribution in [2.24, 2.45) is 0 Å². The highest BCUT2D eigenvalue weighted by atomic mass is 16.3. The second-order valence-electron chi connectivity index (χ2n) is 9.96. The third-order valence-corrected chi connectivity index (χ3v) is 6.46. The van der Waals surface area contributed by atoms with E-state index in [4.69, 9.17) is 10.2 Å². The topological polar surface area (TPSA) is 55.9 Å². The molecular formula is C29H26N4O. The van der Waals surface area contributed by atoms with Gasteiger partial charge in [0.05, 0.1) is 11.0 Å². The summed E-state index contributed by atoms with van der Waals surface area (Å²) < 4.78 is 2.27. The second kappa shape index (κ2) is 7.19. The first-order valence-corrected chi connectivity index (χ1v) is 11.5. The standard InChI is InChI=1S/C29H26N4O/c1-18-15-22(29(2,3)4)28(34)27(16-18)33-30-23-14-13-19(17-24(23)31-33)32-25-11-7-5-9-20(25)21-10-6-8-12-26(21)32/h5-17,34H,1-4H3. The Labute approximate surface area is 197 Å². The molecule has 0 aliphatic carbocycles. The van der Waals surface area contributed by atoms with Crippen LogP contribution in [0.1, 0.15) is 31.9 Å². The van der Waals surface area contributed by atoms with Gasteiger partial charge in [0.1, 0.15) is 22.5 Å². The molecule has 0 saturated carbocycles. The van der Waals surface area contributed by atoms with Crippen LogP contribution in [0.3, 0.4) is 0 Å². The molecule has 6 aromatic rings. The number of benzene rings is 4. The molecule has 0 atom stereocenters. The zero-order chi connectivity index (χ0) is 23.6. The Kier molecular flexibility index (Phi) is 4.33. The summed E-state index contributed by atoms with van der Waals surface area (Å²) in [6.07, 6.45) is 0. The Morgan fingerprint density at radius 2 is 1.35 bits per heavy atom. The fourth-order valence-corrected chi connectivity index (χ4v) is 4.83. The quantitative estimate of drug-likeness (QED) is 0.317. The SMILES string of the molecule is Cc1cc(-n2nc3ccc(-n4c5ccccc5c5ccccc54)cc3n2)c(O)c(C(C)(C)C)c1. The number of aromatic hydroxyl groups is 1. The molecule has 4 aromatic carbocycles. The summed E-state index contributed by atoms with van der Waals surface area (Å²) >= 11 is 0. The van der Waals surface area contributed by atoms with Gasteiger partial charge in [0.15, 0.2) is 0 Å². The van der Waals surface area contributed by atoms with Crippen LogP contribution in [0, 0.1) is 6.92 Å². The summed E-state index contributed by atoms with van der Waals surface area (Å²) in [5, 5.41) is 23.0. The molecule has 1 N–H and O–H groups in total. The molecule has 0 radical (unpaired) electrons. The predicted octanol–water partition coefficient (Wildman–Crippen LogP) is 6.83. The number of phenols is 1. The van der Waals surface area contributed by atoms with E-state index in [1.54, 1.807) is 4.80 Å². The molecule has 0 spiro atoms. The lowest BCUT2D eigenvalue weighted by Crippen LogP contribution is -2.13. The molecule has 6 rings (SSSR count). The van der Waals surface area contributed by atoms with Gasteiger partial charge in [-0.05, 0) is 54.3 Å². The van der Waals surface area contributed by atoms with Gasteiger partial charge >= 0.3 is 0 Å². The van der Waals surface area contributed by atoms with Crippen molar-refractivity contribution in [1.29, 1.82) is 0 Å². The maximum Gasteiger partial charge on any atom is 0.146 e. The van der Waals surface area contributed by atoms with E-state index in [0.29, 0.717) is 5.69 Å². The van der Waals surface area contributed by atoms with E-state index < -0.39 is 0 Å². The van der Waals surface area contributed by atoms with E-state index in [1.165, 1.54) is 10.8 Å². The van der Waals surface area contributed by atoms with Crippen molar-refractivity contribution < 1.29 is 5.11 Å². The predicted molar refractivity (Wildman–Crippen MR) is 138 cm³/mol. The summed E-state index contributed by atoms with van der Waals surface area (Å²) in [4.78, 5) is 1.55. The minimum absolute atomic E-state index is 0.193. The lowest BCUT2D eigenvalue weighted by Gasteiger charge is -2.22. The number of hydrogen-bond donors (Lipinski definition) is 1. The minimum atomic E-state index is -0.193. The molecular weight excluding hydrogens is 420 g/mol. The number of aromatic nitrogens is 4. The molecule has 0 fully saturated rings. The van der Waals surface area contributed by atoms with Crippen LogP contribution in [-0.2, 0) is 5.41 Å². The molecule has 0 saturated heterocycles. The van der Waals surface area contributed by atoms with Crippen LogP contribution in [0.2, 0.25) is 0 Å². The highest BCUT2D eigenvalue weighted by Gasteiger charge is 2.22. The molecule has 34 heavy (non-hydrogen) atoms. The summed E-state index contributed by atoms with van der Waals surface area (Å²) in [5.41, 5.74) is 7.24. The average molecular weight is 447 g/mol. The van der Waals surface area contributed by atoms with Gasteiger partial charge in [0, 0.05) is 22.0 Å². The molecule has 0 aliphatic heterocycles. The van der Waals surface area contributed by atoms with Crippen molar-refractivity contribution in [1.82, 2.24) is 19.6 Å². The fraction of sp³-hybridized carbons (Fsp3) is 0.172. The molecule has 0 aliphatic rings. The highest BCUT2D eigenvalue weighted by molar-refractivity contribution is 6.09. The van der Waals surface area contributed by atoms with Crippen molar-refractivity contribution in [3.8, 4) is 17.1 Å². The van der Waals surface area contributed by atoms with Gasteiger partial charge in [-0.2, -0.15) is 0 Å². The molecule has 0 unspecified atom stereocenters. The number of phenolic OH excluding ortho intramolecular Hbond substituents is 1. The smallest absolute Gasteiger partial charge is 0.146 e. The maximum absolute atomic E-state index is 11.1. The zero-order valence-corrected chi connectivity index (χ0v) is 19.7. The fourth-order valence-electron chi connectivity index (χ4n) is 4.83. The van der Waals surface area contributed by atoms with E-state index in [9.17, 15) is 5.11 Å². The highest BCUT2D eigenvalue weighted by Crippen LogP contribution is 2.36. The first kappa shape index (κ1) is 20.5. The number of hydrogen-bond acceptors (Lipinski definition) is 3. The van der Waals surface area contributed by atoms with E-state index in [2.05, 4.69) is 86.0 Å². The molecule has 5 heteroatoms. The van der Waals surface area contributed by atoms with Gasteiger partial charge in [-0.3, -0.25) is 0 Å². The molecule has 2 heterocycles. The Morgan fingerprint density at radius 3 is 2.00 bits per heavy atom. The van der Waals surface area contributed by atoms with Crippen LogP contribution in [0.5, 0.6) is 5.75 Å². The second-order valence-corrected chi connectivity index (χ2v) is 9.96. The maximum atomic E-state index is 11.1. The monoisotopic (exact) mass is 446 g/mol. The molecule has 5 nitrogen and oxygen atoms in total. The number of para-hydroxylation sites is 2. The summed E-state index contributed by atoms with van der Waals surface area (Å²) in [6.45, 7) is 8.31. The Hall–Kier alpha value is -4.12. The van der Waals surface area contributed by atoms with Crippen LogP contribution in [0.25, 0.3) is 44.2 Å². The number of nitrogens with zero attached hydrogens (tertiary/aromatic N) is 4. The van der Waals surface area contributed by atoms with Crippen molar-refractivity contribution in [2.75, 3.05) is 0 Å². The molecule has 2 aromatic heterocycles. The van der Waals surface area contributed by atoms with Crippen molar-refractivity contribution in [3.05, 3.63) is 90.0 Å². The summed E-state index contributed by atoms with van der Waals surface area (Å²) in [7, 11) is 0. The first-order valence-electron chi connectivity index (χ1n) is 11.5. The van der Waals surface area contributed by atoms with Gasteiger partial charge in [-0.1, -0.05) is 63.2 Å². The normalized spacial score (nSPS) is 12.2. The third-order valence-electron chi connectivity index (χ3n) is 6.46. The van der Waals surface area contributed by atoms with Crippen LogP contribution < -0.4 is 0 Å². The van der Waals surface area contributed by atoms with Crippen LogP contribution in [0.4, 0.5) is 0 Å². The Morgan fingerprint density at radius 1 is 0.735 bits per heavy atom. The van der Waals surface area contributed by atoms with Crippen LogP contribution in [0.15, 0.2) is 78.9 Å². The van der Waals surface area contributed by atoms with Crippen molar-refractivity contribution in [3.63, 3.8) is 0 Å². The lowest BCUT2D eigenvalue weighted by molar-refractivity contribution is 0.440. The van der Waals surface area contributed by atoms with E-state index in [1.807, 2.05) is 25.1 Å². The Bertz CT molecular complexity index is 1660.